The van der Waals surface area contributed by atoms with Gasteiger partial charge in [-0.3, -0.25) is 4.79 Å². The Bertz CT molecular complexity index is 490. The van der Waals surface area contributed by atoms with E-state index in [1.54, 1.807) is 0 Å². The van der Waals surface area contributed by atoms with Crippen LogP contribution >= 0.6 is 0 Å². The minimum atomic E-state index is -0.354. The fraction of sp³-hybridized carbons (Fsp3) is 0.588. The lowest BCUT2D eigenvalue weighted by atomic mass is 9.92. The molecule has 0 radical (unpaired) electrons. The van der Waals surface area contributed by atoms with Gasteiger partial charge >= 0.3 is 0 Å². The summed E-state index contributed by atoms with van der Waals surface area (Å²) in [5, 5.41) is 6.58. The van der Waals surface area contributed by atoms with Crippen LogP contribution in [0.2, 0.25) is 0 Å². The van der Waals surface area contributed by atoms with E-state index >= 15 is 0 Å². The molecule has 1 saturated heterocycles. The highest BCUT2D eigenvalue weighted by Crippen LogP contribution is 2.25. The molecule has 2 atom stereocenters. The second-order valence-corrected chi connectivity index (χ2v) is 6.02. The van der Waals surface area contributed by atoms with Crippen LogP contribution < -0.4 is 10.6 Å². The van der Waals surface area contributed by atoms with Crippen molar-refractivity contribution in [2.75, 3.05) is 6.54 Å². The molecule has 1 aliphatic heterocycles. The molecular formula is C17H26N2O. The van der Waals surface area contributed by atoms with E-state index in [9.17, 15) is 4.79 Å². The first kappa shape index (κ1) is 15.0. The van der Waals surface area contributed by atoms with Gasteiger partial charge in [0.05, 0.1) is 11.6 Å². The lowest BCUT2D eigenvalue weighted by Crippen LogP contribution is -2.53. The summed E-state index contributed by atoms with van der Waals surface area (Å²) in [4.78, 5) is 12.6. The summed E-state index contributed by atoms with van der Waals surface area (Å²) in [5.74, 6) is 0.143. The van der Waals surface area contributed by atoms with Crippen molar-refractivity contribution in [3.63, 3.8) is 0 Å². The molecule has 1 fully saturated rings. The molecule has 0 bridgehead atoms. The number of amides is 1. The van der Waals surface area contributed by atoms with Crippen molar-refractivity contribution in [1.29, 1.82) is 0 Å². The molecule has 0 aliphatic carbocycles. The van der Waals surface area contributed by atoms with Gasteiger partial charge < -0.3 is 10.6 Å². The Balaban J connectivity index is 2.10. The lowest BCUT2D eigenvalue weighted by molar-refractivity contribution is -0.128. The van der Waals surface area contributed by atoms with Gasteiger partial charge in [-0.05, 0) is 57.7 Å². The highest BCUT2D eigenvalue weighted by Gasteiger charge is 2.39. The van der Waals surface area contributed by atoms with Gasteiger partial charge in [0.15, 0.2) is 0 Å². The van der Waals surface area contributed by atoms with Crippen LogP contribution in [0.3, 0.4) is 0 Å². The van der Waals surface area contributed by atoms with Crippen LogP contribution in [0, 0.1) is 13.8 Å². The molecule has 2 rings (SSSR count). The van der Waals surface area contributed by atoms with Crippen LogP contribution in [0.5, 0.6) is 0 Å². The van der Waals surface area contributed by atoms with Crippen molar-refractivity contribution in [2.24, 2.45) is 0 Å². The molecule has 20 heavy (non-hydrogen) atoms. The highest BCUT2D eigenvalue weighted by molar-refractivity contribution is 5.87. The predicted octanol–water partition coefficient (Wildman–Crippen LogP) is 3.01. The minimum Gasteiger partial charge on any atom is -0.348 e. The second kappa shape index (κ2) is 5.96. The number of benzene rings is 1. The molecule has 3 nitrogen and oxygen atoms in total. The topological polar surface area (TPSA) is 41.1 Å². The summed E-state index contributed by atoms with van der Waals surface area (Å²) >= 11 is 0. The summed E-state index contributed by atoms with van der Waals surface area (Å²) in [6, 6.07) is 6.44. The molecule has 0 saturated carbocycles. The summed E-state index contributed by atoms with van der Waals surface area (Å²) in [5.41, 5.74) is 3.34. The molecule has 2 N–H and O–H groups in total. The van der Waals surface area contributed by atoms with Gasteiger partial charge in [-0.15, -0.1) is 0 Å². The number of rotatable bonds is 4. The molecule has 1 aromatic rings. The standard InChI is InChI=1S/C17H26N2O/c1-5-17(9-6-10-18-17)16(20)19-14(4)15-8-7-12(2)11-13(15)3/h7-8,11,14,18H,5-6,9-10H2,1-4H3,(H,19,20). The van der Waals surface area contributed by atoms with E-state index in [0.717, 1.165) is 25.8 Å². The van der Waals surface area contributed by atoms with Crippen LogP contribution in [0.1, 0.15) is 55.8 Å². The van der Waals surface area contributed by atoms with Crippen LogP contribution in [0.25, 0.3) is 0 Å². The summed E-state index contributed by atoms with van der Waals surface area (Å²) < 4.78 is 0. The van der Waals surface area contributed by atoms with Crippen molar-refractivity contribution in [3.8, 4) is 0 Å². The fourth-order valence-corrected chi connectivity index (χ4v) is 3.19. The lowest BCUT2D eigenvalue weighted by Gasteiger charge is -2.29. The Morgan fingerprint density at radius 2 is 2.20 bits per heavy atom. The molecule has 2 unspecified atom stereocenters. The quantitative estimate of drug-likeness (QED) is 0.886. The number of hydrogen-bond donors (Lipinski definition) is 2. The van der Waals surface area contributed by atoms with Crippen molar-refractivity contribution in [1.82, 2.24) is 10.6 Å². The van der Waals surface area contributed by atoms with Gasteiger partial charge in [0, 0.05) is 0 Å². The van der Waals surface area contributed by atoms with Gasteiger partial charge in [-0.25, -0.2) is 0 Å². The van der Waals surface area contributed by atoms with Crippen LogP contribution in [0.15, 0.2) is 18.2 Å². The van der Waals surface area contributed by atoms with Gasteiger partial charge in [-0.2, -0.15) is 0 Å². The zero-order valence-electron chi connectivity index (χ0n) is 13.0. The average Bonchev–Trinajstić information content (AvgIpc) is 2.88. The molecule has 1 amide bonds. The Labute approximate surface area is 122 Å². The normalized spacial score (nSPS) is 23.6. The van der Waals surface area contributed by atoms with Gasteiger partial charge in [-0.1, -0.05) is 30.7 Å². The number of aryl methyl sites for hydroxylation is 2. The number of carbonyl (C=O) groups excluding carboxylic acids is 1. The SMILES string of the molecule is CCC1(C(=O)NC(C)c2ccc(C)cc2C)CCCN1. The van der Waals surface area contributed by atoms with Crippen LogP contribution in [0.4, 0.5) is 0 Å². The first-order valence-electron chi connectivity index (χ1n) is 7.61. The minimum absolute atomic E-state index is 0.0499. The largest absolute Gasteiger partial charge is 0.348 e. The van der Waals surface area contributed by atoms with Crippen LogP contribution in [-0.4, -0.2) is 18.0 Å². The summed E-state index contributed by atoms with van der Waals surface area (Å²) in [6.07, 6.45) is 2.87. The third-order valence-electron chi connectivity index (χ3n) is 4.52. The van der Waals surface area contributed by atoms with Gasteiger partial charge in [0.1, 0.15) is 0 Å². The molecular weight excluding hydrogens is 248 g/mol. The number of nitrogens with one attached hydrogen (secondary N) is 2. The van der Waals surface area contributed by atoms with E-state index < -0.39 is 0 Å². The van der Waals surface area contributed by atoms with Crippen molar-refractivity contribution >= 4 is 5.91 Å². The van der Waals surface area contributed by atoms with E-state index in [4.69, 9.17) is 0 Å². The first-order chi connectivity index (χ1) is 9.48. The molecule has 0 aromatic heterocycles. The molecule has 1 aliphatic rings. The Morgan fingerprint density at radius 3 is 2.75 bits per heavy atom. The van der Waals surface area contributed by atoms with E-state index in [1.807, 2.05) is 0 Å². The van der Waals surface area contributed by atoms with Crippen molar-refractivity contribution in [2.45, 2.75) is 58.5 Å². The van der Waals surface area contributed by atoms with Crippen molar-refractivity contribution < 1.29 is 4.79 Å². The molecule has 1 heterocycles. The van der Waals surface area contributed by atoms with Gasteiger partial charge in [0.2, 0.25) is 5.91 Å². The molecule has 3 heteroatoms. The fourth-order valence-electron chi connectivity index (χ4n) is 3.19. The predicted molar refractivity (Wildman–Crippen MR) is 82.7 cm³/mol. The third kappa shape index (κ3) is 2.88. The van der Waals surface area contributed by atoms with E-state index in [-0.39, 0.29) is 17.5 Å². The Morgan fingerprint density at radius 1 is 1.45 bits per heavy atom. The smallest absolute Gasteiger partial charge is 0.240 e. The van der Waals surface area contributed by atoms with Crippen molar-refractivity contribution in [3.05, 3.63) is 34.9 Å². The number of hydrogen-bond acceptors (Lipinski definition) is 2. The Hall–Kier alpha value is -1.35. The maximum absolute atomic E-state index is 12.6. The van der Waals surface area contributed by atoms with E-state index in [2.05, 4.69) is 56.5 Å². The summed E-state index contributed by atoms with van der Waals surface area (Å²) in [6.45, 7) is 9.29. The van der Waals surface area contributed by atoms with Gasteiger partial charge in [0.25, 0.3) is 0 Å². The Kier molecular flexibility index (Phi) is 4.48. The highest BCUT2D eigenvalue weighted by atomic mass is 16.2. The third-order valence-corrected chi connectivity index (χ3v) is 4.52. The van der Waals surface area contributed by atoms with E-state index in [0.29, 0.717) is 0 Å². The maximum Gasteiger partial charge on any atom is 0.240 e. The van der Waals surface area contributed by atoms with Crippen LogP contribution in [-0.2, 0) is 4.79 Å². The van der Waals surface area contributed by atoms with E-state index in [1.165, 1.54) is 16.7 Å². The first-order valence-corrected chi connectivity index (χ1v) is 7.61. The zero-order chi connectivity index (χ0) is 14.8. The molecule has 0 spiro atoms. The second-order valence-electron chi connectivity index (χ2n) is 6.02. The summed E-state index contributed by atoms with van der Waals surface area (Å²) in [7, 11) is 0. The monoisotopic (exact) mass is 274 g/mol. The zero-order valence-corrected chi connectivity index (χ0v) is 13.0. The maximum atomic E-state index is 12.6. The average molecular weight is 274 g/mol. The molecule has 1 aromatic carbocycles. The molecule has 110 valence electrons. The number of carbonyl (C=O) groups is 1.